The number of nitro groups is 1. The molecule has 0 saturated carbocycles. The summed E-state index contributed by atoms with van der Waals surface area (Å²) in [6.45, 7) is 5.17. The molecule has 1 saturated heterocycles. The van der Waals surface area contributed by atoms with Crippen molar-refractivity contribution in [3.63, 3.8) is 0 Å². The van der Waals surface area contributed by atoms with Gasteiger partial charge in [0.1, 0.15) is 11.9 Å². The van der Waals surface area contributed by atoms with Gasteiger partial charge in [0.15, 0.2) is 0 Å². The number of nitrogens with zero attached hydrogens (tertiary/aromatic N) is 4. The van der Waals surface area contributed by atoms with Crippen molar-refractivity contribution in [2.75, 3.05) is 25.0 Å². The van der Waals surface area contributed by atoms with Crippen LogP contribution in [-0.4, -0.2) is 40.5 Å². The second-order valence-electron chi connectivity index (χ2n) is 4.81. The number of aromatic nitrogens is 1. The largest absolute Gasteiger partial charge is 0.366 e. The lowest BCUT2D eigenvalue weighted by Crippen LogP contribution is -2.42. The molecule has 1 atom stereocenters. The van der Waals surface area contributed by atoms with Gasteiger partial charge < -0.3 is 10.2 Å². The Labute approximate surface area is 117 Å². The number of rotatable bonds is 4. The zero-order valence-electron chi connectivity index (χ0n) is 11.4. The van der Waals surface area contributed by atoms with Gasteiger partial charge in [-0.25, -0.2) is 4.98 Å². The minimum atomic E-state index is -0.589. The molecular weight excluding hydrogens is 258 g/mol. The first-order chi connectivity index (χ1) is 9.63. The van der Waals surface area contributed by atoms with E-state index in [9.17, 15) is 10.1 Å². The molecule has 0 amide bonds. The van der Waals surface area contributed by atoms with Crippen LogP contribution >= 0.6 is 0 Å². The molecule has 20 heavy (non-hydrogen) atoms. The molecule has 0 spiro atoms. The van der Waals surface area contributed by atoms with Crippen LogP contribution in [0.25, 0.3) is 0 Å². The van der Waals surface area contributed by atoms with Gasteiger partial charge in [-0.2, -0.15) is 5.26 Å². The molecule has 0 bridgehead atoms. The van der Waals surface area contributed by atoms with Crippen LogP contribution in [0.2, 0.25) is 0 Å². The summed E-state index contributed by atoms with van der Waals surface area (Å²) in [4.78, 5) is 16.5. The van der Waals surface area contributed by atoms with E-state index >= 15 is 0 Å². The van der Waals surface area contributed by atoms with E-state index in [4.69, 9.17) is 5.26 Å². The van der Waals surface area contributed by atoms with Gasteiger partial charge >= 0.3 is 5.69 Å². The molecule has 1 aromatic rings. The van der Waals surface area contributed by atoms with Crippen molar-refractivity contribution in [3.05, 3.63) is 27.9 Å². The lowest BCUT2D eigenvalue weighted by atomic mass is 10.1. The van der Waals surface area contributed by atoms with Crippen molar-refractivity contribution < 1.29 is 4.92 Å². The average molecular weight is 275 g/mol. The highest BCUT2D eigenvalue weighted by molar-refractivity contribution is 5.50. The average Bonchev–Trinajstić information content (AvgIpc) is 2.47. The minimum Gasteiger partial charge on any atom is -0.366 e. The highest BCUT2D eigenvalue weighted by atomic mass is 16.6. The first-order valence-electron chi connectivity index (χ1n) is 6.68. The van der Waals surface area contributed by atoms with Gasteiger partial charge in [0.05, 0.1) is 4.92 Å². The molecule has 7 heteroatoms. The number of nitrogens with one attached hydrogen (secondary N) is 1. The second-order valence-corrected chi connectivity index (χ2v) is 4.81. The van der Waals surface area contributed by atoms with Gasteiger partial charge in [0.25, 0.3) is 0 Å². The van der Waals surface area contributed by atoms with Crippen LogP contribution in [0.3, 0.4) is 0 Å². The molecule has 0 aliphatic carbocycles. The third-order valence-corrected chi connectivity index (χ3v) is 3.48. The highest BCUT2D eigenvalue weighted by Crippen LogP contribution is 2.20. The number of hydrogen-bond donors (Lipinski definition) is 1. The first kappa shape index (κ1) is 14.2. The lowest BCUT2D eigenvalue weighted by Gasteiger charge is -2.32. The Morgan fingerprint density at radius 3 is 3.10 bits per heavy atom. The number of piperidine rings is 1. The van der Waals surface area contributed by atoms with Gasteiger partial charge in [-0.05, 0) is 32.0 Å². The zero-order valence-corrected chi connectivity index (χ0v) is 11.4. The monoisotopic (exact) mass is 275 g/mol. The van der Waals surface area contributed by atoms with E-state index in [0.717, 1.165) is 32.5 Å². The fraction of sp³-hybridized carbons (Fsp3) is 0.538. The Bertz CT molecular complexity index is 540. The molecule has 7 nitrogen and oxygen atoms in total. The fourth-order valence-corrected chi connectivity index (χ4v) is 2.43. The molecule has 2 heterocycles. The van der Waals surface area contributed by atoms with Crippen LogP contribution in [0.15, 0.2) is 12.1 Å². The molecule has 1 aromatic heterocycles. The minimum absolute atomic E-state index is 0.150. The van der Waals surface area contributed by atoms with Crippen molar-refractivity contribution >= 4 is 11.5 Å². The number of likely N-dealkylation sites (tertiary alicyclic amines) is 1. The van der Waals surface area contributed by atoms with Crippen LogP contribution in [0.1, 0.15) is 25.5 Å². The summed E-state index contributed by atoms with van der Waals surface area (Å²) in [6.07, 6.45) is 2.15. The number of anilines is 1. The van der Waals surface area contributed by atoms with E-state index < -0.39 is 4.92 Å². The van der Waals surface area contributed by atoms with Crippen LogP contribution in [0, 0.1) is 21.4 Å². The van der Waals surface area contributed by atoms with Gasteiger partial charge in [0, 0.05) is 18.7 Å². The van der Waals surface area contributed by atoms with Gasteiger partial charge in [-0.3, -0.25) is 10.1 Å². The lowest BCUT2D eigenvalue weighted by molar-refractivity contribution is -0.385. The third-order valence-electron chi connectivity index (χ3n) is 3.48. The second kappa shape index (κ2) is 6.30. The van der Waals surface area contributed by atoms with Crippen LogP contribution < -0.4 is 5.32 Å². The summed E-state index contributed by atoms with van der Waals surface area (Å²) < 4.78 is 0. The van der Waals surface area contributed by atoms with E-state index in [1.807, 2.05) is 0 Å². The Hall–Kier alpha value is -2.20. The normalized spacial score (nSPS) is 19.3. The van der Waals surface area contributed by atoms with Crippen molar-refractivity contribution in [1.29, 1.82) is 5.26 Å². The predicted octanol–water partition coefficient (Wildman–Crippen LogP) is 1.76. The van der Waals surface area contributed by atoms with Crippen molar-refractivity contribution in [2.24, 2.45) is 0 Å². The van der Waals surface area contributed by atoms with Gasteiger partial charge in [-0.15, -0.1) is 0 Å². The summed E-state index contributed by atoms with van der Waals surface area (Å²) in [5.41, 5.74) is -0.403. The summed E-state index contributed by atoms with van der Waals surface area (Å²) in [5, 5.41) is 22.9. The summed E-state index contributed by atoms with van der Waals surface area (Å²) in [5.74, 6) is 0.523. The van der Waals surface area contributed by atoms with E-state index in [0.29, 0.717) is 5.82 Å². The number of hydrogen-bond acceptors (Lipinski definition) is 6. The molecular formula is C13H17N5O2. The first-order valence-corrected chi connectivity index (χ1v) is 6.68. The Morgan fingerprint density at radius 2 is 2.45 bits per heavy atom. The number of nitriles is 1. The summed E-state index contributed by atoms with van der Waals surface area (Å²) in [6, 6.07) is 4.93. The smallest absolute Gasteiger partial charge is 0.305 e. The van der Waals surface area contributed by atoms with E-state index in [1.54, 1.807) is 12.1 Å². The predicted molar refractivity (Wildman–Crippen MR) is 74.4 cm³/mol. The van der Waals surface area contributed by atoms with Crippen molar-refractivity contribution in [3.8, 4) is 6.07 Å². The van der Waals surface area contributed by atoms with Gasteiger partial charge in [-0.1, -0.05) is 6.92 Å². The Balaban J connectivity index is 2.10. The van der Waals surface area contributed by atoms with Gasteiger partial charge in [0.2, 0.25) is 5.69 Å². The molecule has 1 unspecified atom stereocenters. The molecule has 1 fully saturated rings. The molecule has 1 N–H and O–H groups in total. The maximum Gasteiger partial charge on any atom is 0.305 e. The topological polar surface area (TPSA) is 95.1 Å². The van der Waals surface area contributed by atoms with Crippen LogP contribution in [-0.2, 0) is 0 Å². The third kappa shape index (κ3) is 3.22. The Kier molecular flexibility index (Phi) is 4.48. The maximum absolute atomic E-state index is 10.8. The SMILES string of the molecule is CCN1CCCC(Nc2ccc([N+](=O)[O-])c(C#N)n2)C1. The van der Waals surface area contributed by atoms with E-state index in [-0.39, 0.29) is 17.4 Å². The zero-order chi connectivity index (χ0) is 14.5. The summed E-state index contributed by atoms with van der Waals surface area (Å²) in [7, 11) is 0. The molecule has 2 rings (SSSR count). The van der Waals surface area contributed by atoms with Crippen molar-refractivity contribution in [2.45, 2.75) is 25.8 Å². The van der Waals surface area contributed by atoms with Crippen LogP contribution in [0.4, 0.5) is 11.5 Å². The molecule has 0 aromatic carbocycles. The summed E-state index contributed by atoms with van der Waals surface area (Å²) >= 11 is 0. The fourth-order valence-electron chi connectivity index (χ4n) is 2.43. The quantitative estimate of drug-likeness (QED) is 0.664. The van der Waals surface area contributed by atoms with Crippen LogP contribution in [0.5, 0.6) is 0 Å². The molecule has 1 aliphatic rings. The molecule has 0 radical (unpaired) electrons. The highest BCUT2D eigenvalue weighted by Gasteiger charge is 2.20. The standard InChI is InChI=1S/C13H17N5O2/c1-2-17-7-3-4-10(9-17)15-13-6-5-12(18(19)20)11(8-14)16-13/h5-6,10H,2-4,7,9H2,1H3,(H,15,16). The number of pyridine rings is 1. The maximum atomic E-state index is 10.8. The number of likely N-dealkylation sites (N-methyl/N-ethyl adjacent to an activating group) is 1. The Morgan fingerprint density at radius 1 is 1.65 bits per heavy atom. The molecule has 1 aliphatic heterocycles. The molecule has 106 valence electrons. The van der Waals surface area contributed by atoms with E-state index in [1.165, 1.54) is 6.07 Å². The van der Waals surface area contributed by atoms with Crippen molar-refractivity contribution in [1.82, 2.24) is 9.88 Å². The van der Waals surface area contributed by atoms with E-state index in [2.05, 4.69) is 22.1 Å².